The molecule has 0 heterocycles. The Hall–Kier alpha value is -2.37. The van der Waals surface area contributed by atoms with Gasteiger partial charge in [-0.1, -0.05) is 57.2 Å². The van der Waals surface area contributed by atoms with Crippen LogP contribution in [0, 0.1) is 5.41 Å². The van der Waals surface area contributed by atoms with Gasteiger partial charge in [0.15, 0.2) is 0 Å². The highest BCUT2D eigenvalue weighted by Crippen LogP contribution is 2.17. The van der Waals surface area contributed by atoms with Crippen molar-refractivity contribution in [1.82, 2.24) is 9.80 Å². The largest absolute Gasteiger partial charge is 0.341 e. The van der Waals surface area contributed by atoms with Crippen molar-refractivity contribution in [2.45, 2.75) is 27.2 Å². The summed E-state index contributed by atoms with van der Waals surface area (Å²) in [4.78, 5) is 29.3. The SMILES string of the molecule is CN(CC(C)(C)C)C(=O)c1cccc(C(=O)N(CCN)CCc2ccccc2)c1.Cl. The van der Waals surface area contributed by atoms with E-state index in [-0.39, 0.29) is 29.6 Å². The maximum absolute atomic E-state index is 13.1. The van der Waals surface area contributed by atoms with Crippen molar-refractivity contribution in [3.63, 3.8) is 0 Å². The fourth-order valence-corrected chi connectivity index (χ4v) is 3.35. The maximum atomic E-state index is 13.1. The fourth-order valence-electron chi connectivity index (χ4n) is 3.35. The third-order valence-electron chi connectivity index (χ3n) is 4.61. The van der Waals surface area contributed by atoms with E-state index < -0.39 is 0 Å². The molecule has 0 saturated carbocycles. The second-order valence-corrected chi connectivity index (χ2v) is 8.62. The van der Waals surface area contributed by atoms with Crippen LogP contribution in [0.15, 0.2) is 54.6 Å². The average Bonchev–Trinajstić information content (AvgIpc) is 2.69. The Kier molecular flexibility index (Phi) is 10.0. The predicted octanol–water partition coefficient (Wildman–Crippen LogP) is 3.87. The lowest BCUT2D eigenvalue weighted by Gasteiger charge is -2.27. The number of carbonyl (C=O) groups is 2. The summed E-state index contributed by atoms with van der Waals surface area (Å²) in [7, 11) is 1.79. The van der Waals surface area contributed by atoms with E-state index in [0.29, 0.717) is 37.3 Å². The van der Waals surface area contributed by atoms with Crippen LogP contribution in [0.3, 0.4) is 0 Å². The number of hydrogen-bond acceptors (Lipinski definition) is 3. The number of hydrogen-bond donors (Lipinski definition) is 1. The van der Waals surface area contributed by atoms with Crippen molar-refractivity contribution in [3.8, 4) is 0 Å². The summed E-state index contributed by atoms with van der Waals surface area (Å²) >= 11 is 0. The van der Waals surface area contributed by atoms with Gasteiger partial charge in [-0.2, -0.15) is 0 Å². The van der Waals surface area contributed by atoms with Crippen molar-refractivity contribution in [1.29, 1.82) is 0 Å². The molecule has 5 nitrogen and oxygen atoms in total. The summed E-state index contributed by atoms with van der Waals surface area (Å²) in [5, 5.41) is 0. The lowest BCUT2D eigenvalue weighted by Crippen LogP contribution is -2.37. The van der Waals surface area contributed by atoms with Crippen LogP contribution >= 0.6 is 12.4 Å². The second-order valence-electron chi connectivity index (χ2n) is 8.62. The summed E-state index contributed by atoms with van der Waals surface area (Å²) in [5.74, 6) is -0.177. The molecule has 0 bridgehead atoms. The van der Waals surface area contributed by atoms with Crippen molar-refractivity contribution >= 4 is 24.2 Å². The van der Waals surface area contributed by atoms with Crippen LogP contribution in [-0.2, 0) is 6.42 Å². The Bertz CT molecular complexity index is 819. The van der Waals surface area contributed by atoms with Gasteiger partial charge in [-0.3, -0.25) is 9.59 Å². The summed E-state index contributed by atoms with van der Waals surface area (Å²) in [6.07, 6.45) is 0.763. The average molecular weight is 432 g/mol. The van der Waals surface area contributed by atoms with E-state index in [1.165, 1.54) is 5.56 Å². The predicted molar refractivity (Wildman–Crippen MR) is 125 cm³/mol. The van der Waals surface area contributed by atoms with Gasteiger partial charge in [-0.15, -0.1) is 12.4 Å². The summed E-state index contributed by atoms with van der Waals surface area (Å²) in [6.45, 7) is 8.38. The molecular weight excluding hydrogens is 398 g/mol. The number of rotatable bonds is 8. The molecule has 0 aliphatic rings. The quantitative estimate of drug-likeness (QED) is 0.689. The minimum absolute atomic E-state index is 0. The minimum atomic E-state index is -0.0977. The Labute approximate surface area is 186 Å². The topological polar surface area (TPSA) is 66.6 Å². The van der Waals surface area contributed by atoms with E-state index in [1.54, 1.807) is 41.1 Å². The first-order valence-electron chi connectivity index (χ1n) is 10.1. The zero-order chi connectivity index (χ0) is 21.4. The van der Waals surface area contributed by atoms with Crippen LogP contribution in [0.5, 0.6) is 0 Å². The summed E-state index contributed by atoms with van der Waals surface area (Å²) in [5.41, 5.74) is 7.96. The van der Waals surface area contributed by atoms with Crippen LogP contribution in [0.2, 0.25) is 0 Å². The molecule has 30 heavy (non-hydrogen) atoms. The molecule has 0 aromatic heterocycles. The van der Waals surface area contributed by atoms with Gasteiger partial charge >= 0.3 is 0 Å². The molecular formula is C24H34ClN3O2. The monoisotopic (exact) mass is 431 g/mol. The molecule has 0 saturated heterocycles. The van der Waals surface area contributed by atoms with E-state index in [9.17, 15) is 9.59 Å². The Morgan fingerprint density at radius 2 is 1.50 bits per heavy atom. The molecule has 2 rings (SSSR count). The molecule has 164 valence electrons. The molecule has 0 radical (unpaired) electrons. The van der Waals surface area contributed by atoms with Crippen molar-refractivity contribution in [2.75, 3.05) is 33.2 Å². The van der Waals surface area contributed by atoms with E-state index >= 15 is 0 Å². The first kappa shape index (κ1) is 25.7. The fraction of sp³-hybridized carbons (Fsp3) is 0.417. The third-order valence-corrected chi connectivity index (χ3v) is 4.61. The molecule has 2 amide bonds. The Morgan fingerprint density at radius 3 is 2.07 bits per heavy atom. The van der Waals surface area contributed by atoms with Crippen molar-refractivity contribution in [3.05, 3.63) is 71.3 Å². The number of amides is 2. The van der Waals surface area contributed by atoms with Crippen molar-refractivity contribution < 1.29 is 9.59 Å². The highest BCUT2D eigenvalue weighted by atomic mass is 35.5. The minimum Gasteiger partial charge on any atom is -0.341 e. The molecule has 0 spiro atoms. The van der Waals surface area contributed by atoms with Gasteiger partial charge in [0, 0.05) is 44.4 Å². The molecule has 2 N–H and O–H groups in total. The number of nitrogens with zero attached hydrogens (tertiary/aromatic N) is 2. The summed E-state index contributed by atoms with van der Waals surface area (Å²) < 4.78 is 0. The number of halogens is 1. The van der Waals surface area contributed by atoms with Gasteiger partial charge in [-0.05, 0) is 35.6 Å². The van der Waals surface area contributed by atoms with Crippen LogP contribution in [0.4, 0.5) is 0 Å². The van der Waals surface area contributed by atoms with Crippen LogP contribution < -0.4 is 5.73 Å². The van der Waals surface area contributed by atoms with Gasteiger partial charge < -0.3 is 15.5 Å². The highest BCUT2D eigenvalue weighted by Gasteiger charge is 2.21. The first-order chi connectivity index (χ1) is 13.7. The Morgan fingerprint density at radius 1 is 0.900 bits per heavy atom. The highest BCUT2D eigenvalue weighted by molar-refractivity contribution is 5.99. The van der Waals surface area contributed by atoms with Crippen LogP contribution in [0.1, 0.15) is 47.1 Å². The second kappa shape index (κ2) is 11.7. The molecule has 0 aliphatic heterocycles. The van der Waals surface area contributed by atoms with E-state index in [4.69, 9.17) is 5.73 Å². The molecule has 0 fully saturated rings. The molecule has 6 heteroatoms. The number of carbonyl (C=O) groups excluding carboxylic acids is 2. The number of nitrogens with two attached hydrogens (primary N) is 1. The summed E-state index contributed by atoms with van der Waals surface area (Å²) in [6, 6.07) is 17.0. The standard InChI is InChI=1S/C24H33N3O2.ClH/c1-24(2,3)18-26(4)22(28)20-11-8-12-21(17-20)23(29)27(16-14-25)15-13-19-9-6-5-7-10-19;/h5-12,17H,13-16,18,25H2,1-4H3;1H. The van der Waals surface area contributed by atoms with Gasteiger partial charge in [0.25, 0.3) is 11.8 Å². The van der Waals surface area contributed by atoms with E-state index in [1.807, 2.05) is 18.2 Å². The zero-order valence-electron chi connectivity index (χ0n) is 18.4. The number of benzene rings is 2. The maximum Gasteiger partial charge on any atom is 0.253 e. The zero-order valence-corrected chi connectivity index (χ0v) is 19.2. The first-order valence-corrected chi connectivity index (χ1v) is 10.1. The lowest BCUT2D eigenvalue weighted by atomic mass is 9.96. The van der Waals surface area contributed by atoms with Gasteiger partial charge in [-0.25, -0.2) is 0 Å². The molecule has 2 aromatic carbocycles. The van der Waals surface area contributed by atoms with E-state index in [0.717, 1.165) is 6.42 Å². The molecule has 0 aliphatic carbocycles. The Balaban J connectivity index is 0.00000450. The van der Waals surface area contributed by atoms with Crippen molar-refractivity contribution in [2.24, 2.45) is 11.1 Å². The normalized spacial score (nSPS) is 10.8. The lowest BCUT2D eigenvalue weighted by molar-refractivity contribution is 0.0745. The van der Waals surface area contributed by atoms with Gasteiger partial charge in [0.2, 0.25) is 0 Å². The smallest absolute Gasteiger partial charge is 0.253 e. The van der Waals surface area contributed by atoms with E-state index in [2.05, 4.69) is 32.9 Å². The van der Waals surface area contributed by atoms with Crippen LogP contribution in [0.25, 0.3) is 0 Å². The van der Waals surface area contributed by atoms with Gasteiger partial charge in [0.1, 0.15) is 0 Å². The van der Waals surface area contributed by atoms with Gasteiger partial charge in [0.05, 0.1) is 0 Å². The molecule has 0 atom stereocenters. The molecule has 2 aromatic rings. The molecule has 0 unspecified atom stereocenters. The van der Waals surface area contributed by atoms with Crippen LogP contribution in [-0.4, -0.2) is 54.8 Å². The third kappa shape index (κ3) is 7.81.